The van der Waals surface area contributed by atoms with E-state index < -0.39 is 5.97 Å². The van der Waals surface area contributed by atoms with Crippen molar-refractivity contribution in [3.05, 3.63) is 48.2 Å². The van der Waals surface area contributed by atoms with E-state index in [1.807, 2.05) is 24.4 Å². The highest BCUT2D eigenvalue weighted by molar-refractivity contribution is 5.79. The van der Waals surface area contributed by atoms with Crippen molar-refractivity contribution in [1.29, 1.82) is 0 Å². The van der Waals surface area contributed by atoms with Crippen LogP contribution in [0.1, 0.15) is 46.6 Å². The molecule has 0 atom stereocenters. The molecule has 6 nitrogen and oxygen atoms in total. The van der Waals surface area contributed by atoms with Gasteiger partial charge in [-0.25, -0.2) is 9.78 Å². The zero-order valence-corrected chi connectivity index (χ0v) is 19.6. The number of aryl methyl sites for hydroxylation is 1. The van der Waals surface area contributed by atoms with Crippen molar-refractivity contribution in [2.45, 2.75) is 53.5 Å². The van der Waals surface area contributed by atoms with Crippen LogP contribution in [-0.2, 0) is 9.53 Å². The molecule has 0 saturated heterocycles. The topological polar surface area (TPSA) is 64.9 Å². The molecule has 31 heavy (non-hydrogen) atoms. The van der Waals surface area contributed by atoms with Crippen molar-refractivity contribution in [1.82, 2.24) is 9.38 Å². The number of nitrogens with one attached hydrogen (secondary N) is 1. The summed E-state index contributed by atoms with van der Waals surface area (Å²) < 4.78 is 12.3. The Morgan fingerprint density at radius 2 is 1.87 bits per heavy atom. The van der Waals surface area contributed by atoms with Crippen molar-refractivity contribution < 1.29 is 14.3 Å². The van der Waals surface area contributed by atoms with Gasteiger partial charge in [0.15, 0.2) is 0 Å². The normalized spacial score (nSPS) is 12.2. The monoisotopic (exact) mass is 423 g/mol. The number of benzene rings is 1. The smallest absolute Gasteiger partial charge is 0.337 e. The van der Waals surface area contributed by atoms with Crippen LogP contribution < -0.4 is 10.1 Å². The highest BCUT2D eigenvalue weighted by Crippen LogP contribution is 2.35. The number of carbonyl (C=O) groups excluding carboxylic acids is 1. The summed E-state index contributed by atoms with van der Waals surface area (Å²) in [5.41, 5.74) is 3.72. The lowest BCUT2D eigenvalue weighted by Crippen LogP contribution is -2.36. The van der Waals surface area contributed by atoms with Gasteiger partial charge < -0.3 is 14.8 Å². The number of ether oxygens (including phenoxy) is 2. The fraction of sp³-hybridized carbons (Fsp3) is 0.440. The molecule has 0 amide bonds. The van der Waals surface area contributed by atoms with Gasteiger partial charge in [0.05, 0.1) is 0 Å². The fourth-order valence-corrected chi connectivity index (χ4v) is 4.14. The van der Waals surface area contributed by atoms with Gasteiger partial charge in [-0.3, -0.25) is 4.40 Å². The van der Waals surface area contributed by atoms with E-state index in [4.69, 9.17) is 14.5 Å². The Labute approximate surface area is 184 Å². The molecule has 0 radical (unpaired) electrons. The lowest BCUT2D eigenvalue weighted by molar-refractivity contribution is -0.138. The van der Waals surface area contributed by atoms with E-state index in [9.17, 15) is 4.79 Å². The number of anilines is 1. The van der Waals surface area contributed by atoms with E-state index in [2.05, 4.69) is 63.4 Å². The molecule has 1 N–H and O–H groups in total. The number of hydrogen-bond donors (Lipinski definition) is 1. The molecule has 0 unspecified atom stereocenters. The number of imidazole rings is 1. The molecule has 6 heteroatoms. The number of nitrogens with zero attached hydrogens (tertiary/aromatic N) is 2. The molecule has 0 aliphatic carbocycles. The molecular weight excluding hydrogens is 390 g/mol. The van der Waals surface area contributed by atoms with E-state index in [-0.39, 0.29) is 17.6 Å². The second kappa shape index (κ2) is 8.71. The highest BCUT2D eigenvalue weighted by atomic mass is 16.6. The number of methoxy groups -OCH3 is 1. The largest absolute Gasteiger partial charge is 0.425 e. The summed E-state index contributed by atoms with van der Waals surface area (Å²) in [5.74, 6) is 0.951. The van der Waals surface area contributed by atoms with E-state index >= 15 is 0 Å². The molecule has 0 fully saturated rings. The summed E-state index contributed by atoms with van der Waals surface area (Å²) >= 11 is 0. The second-order valence-corrected chi connectivity index (χ2v) is 9.92. The minimum absolute atomic E-state index is 0.0916. The standard InChI is InChI=1S/C25H33N3O3/c1-17-11-12-28-20(13-17)26-22(23(28)27-25(5,6)16-24(2,3)4)18-9-8-10-19(14-18)31-21(29)15-30-7/h8-14,27H,15-16H2,1-7H3. The maximum atomic E-state index is 11.8. The molecular formula is C25H33N3O3. The van der Waals surface area contributed by atoms with Crippen LogP contribution in [0.15, 0.2) is 42.6 Å². The minimum atomic E-state index is -0.435. The van der Waals surface area contributed by atoms with Crippen LogP contribution in [-0.4, -0.2) is 34.6 Å². The maximum absolute atomic E-state index is 11.8. The van der Waals surface area contributed by atoms with Crippen LogP contribution in [0.25, 0.3) is 16.9 Å². The van der Waals surface area contributed by atoms with Crippen molar-refractivity contribution >= 4 is 17.4 Å². The highest BCUT2D eigenvalue weighted by Gasteiger charge is 2.28. The number of aromatic nitrogens is 2. The number of rotatable bonds is 7. The second-order valence-electron chi connectivity index (χ2n) is 9.92. The summed E-state index contributed by atoms with van der Waals surface area (Å²) in [4.78, 5) is 16.8. The first kappa shape index (κ1) is 22.8. The third-order valence-electron chi connectivity index (χ3n) is 4.81. The van der Waals surface area contributed by atoms with Crippen molar-refractivity contribution in [3.8, 4) is 17.0 Å². The first-order valence-electron chi connectivity index (χ1n) is 10.5. The van der Waals surface area contributed by atoms with Crippen LogP contribution in [0.2, 0.25) is 0 Å². The van der Waals surface area contributed by atoms with Gasteiger partial charge >= 0.3 is 5.97 Å². The quantitative estimate of drug-likeness (QED) is 0.402. The Bertz CT molecular complexity index is 1080. The van der Waals surface area contributed by atoms with Gasteiger partial charge in [0.1, 0.15) is 29.5 Å². The summed E-state index contributed by atoms with van der Waals surface area (Å²) in [7, 11) is 1.47. The molecule has 0 saturated carbocycles. The van der Waals surface area contributed by atoms with Crippen molar-refractivity contribution in [3.63, 3.8) is 0 Å². The zero-order valence-electron chi connectivity index (χ0n) is 19.6. The van der Waals surface area contributed by atoms with Crippen LogP contribution in [0.3, 0.4) is 0 Å². The Hall–Kier alpha value is -2.86. The molecule has 2 heterocycles. The van der Waals surface area contributed by atoms with Gasteiger partial charge in [0, 0.05) is 24.4 Å². The average Bonchev–Trinajstić information content (AvgIpc) is 2.97. The summed E-state index contributed by atoms with van der Waals surface area (Å²) in [6, 6.07) is 11.6. The van der Waals surface area contributed by atoms with Gasteiger partial charge in [-0.1, -0.05) is 32.9 Å². The van der Waals surface area contributed by atoms with Gasteiger partial charge in [-0.05, 0) is 62.4 Å². The van der Waals surface area contributed by atoms with E-state index in [0.29, 0.717) is 5.75 Å². The van der Waals surface area contributed by atoms with E-state index in [0.717, 1.165) is 34.7 Å². The summed E-state index contributed by atoms with van der Waals surface area (Å²) in [6.07, 6.45) is 3.02. The Morgan fingerprint density at radius 3 is 2.55 bits per heavy atom. The van der Waals surface area contributed by atoms with E-state index in [1.54, 1.807) is 6.07 Å². The molecule has 3 rings (SSSR count). The molecule has 3 aromatic rings. The van der Waals surface area contributed by atoms with Crippen molar-refractivity contribution in [2.24, 2.45) is 5.41 Å². The number of fused-ring (bicyclic) bond motifs is 1. The Balaban J connectivity index is 2.06. The van der Waals surface area contributed by atoms with Gasteiger partial charge in [0.25, 0.3) is 0 Å². The van der Waals surface area contributed by atoms with Gasteiger partial charge in [-0.2, -0.15) is 0 Å². The minimum Gasteiger partial charge on any atom is -0.425 e. The zero-order chi connectivity index (χ0) is 22.8. The van der Waals surface area contributed by atoms with Crippen LogP contribution in [0.5, 0.6) is 5.75 Å². The molecule has 166 valence electrons. The van der Waals surface area contributed by atoms with Crippen LogP contribution >= 0.6 is 0 Å². The predicted octanol–water partition coefficient (Wildman–Crippen LogP) is 5.49. The number of hydrogen-bond acceptors (Lipinski definition) is 5. The maximum Gasteiger partial charge on any atom is 0.337 e. The van der Waals surface area contributed by atoms with Crippen LogP contribution in [0, 0.1) is 12.3 Å². The fourth-order valence-electron chi connectivity index (χ4n) is 4.14. The van der Waals surface area contributed by atoms with Crippen LogP contribution in [0.4, 0.5) is 5.82 Å². The average molecular weight is 424 g/mol. The molecule has 2 aromatic heterocycles. The Morgan fingerprint density at radius 1 is 1.13 bits per heavy atom. The number of esters is 1. The lowest BCUT2D eigenvalue weighted by atomic mass is 9.82. The Kier molecular flexibility index (Phi) is 6.41. The molecule has 0 spiro atoms. The number of carbonyl (C=O) groups is 1. The molecule has 0 aliphatic rings. The van der Waals surface area contributed by atoms with Gasteiger partial charge in [0.2, 0.25) is 0 Å². The molecule has 0 bridgehead atoms. The SMILES string of the molecule is COCC(=O)Oc1cccc(-c2nc3cc(C)ccn3c2NC(C)(C)CC(C)(C)C)c1. The first-order chi connectivity index (χ1) is 14.5. The van der Waals surface area contributed by atoms with Gasteiger partial charge in [-0.15, -0.1) is 0 Å². The van der Waals surface area contributed by atoms with E-state index in [1.165, 1.54) is 7.11 Å². The number of pyridine rings is 1. The third-order valence-corrected chi connectivity index (χ3v) is 4.81. The third kappa shape index (κ3) is 5.85. The van der Waals surface area contributed by atoms with Crippen molar-refractivity contribution in [2.75, 3.05) is 19.0 Å². The lowest BCUT2D eigenvalue weighted by Gasteiger charge is -2.34. The first-order valence-corrected chi connectivity index (χ1v) is 10.5. The summed E-state index contributed by atoms with van der Waals surface area (Å²) in [6.45, 7) is 13.1. The summed E-state index contributed by atoms with van der Waals surface area (Å²) in [5, 5.41) is 3.74. The predicted molar refractivity (Wildman–Crippen MR) is 125 cm³/mol. The molecule has 1 aromatic carbocycles. The molecule has 0 aliphatic heterocycles.